The van der Waals surface area contributed by atoms with Crippen LogP contribution >= 0.6 is 0 Å². The van der Waals surface area contributed by atoms with E-state index in [0.29, 0.717) is 5.56 Å². The van der Waals surface area contributed by atoms with Crippen LogP contribution in [0.4, 0.5) is 0 Å². The highest BCUT2D eigenvalue weighted by atomic mass is 16.4. The number of nitriles is 1. The fraction of sp³-hybridized carbons (Fsp3) is 0.273. The number of carboxylic acid groups (broad SMARTS) is 1. The summed E-state index contributed by atoms with van der Waals surface area (Å²) in [6.45, 7) is 5.77. The molecule has 0 atom stereocenters. The average Bonchev–Trinajstić information content (AvgIpc) is 2.21. The van der Waals surface area contributed by atoms with E-state index in [2.05, 4.69) is 0 Å². The number of carboxylic acids is 1. The van der Waals surface area contributed by atoms with E-state index < -0.39 is 5.97 Å². The fourth-order valence-corrected chi connectivity index (χ4v) is 0.875. The monoisotopic (exact) mass is 191 g/mol. The molecule has 1 rings (SSSR count). The number of rotatable bonds is 1. The van der Waals surface area contributed by atoms with Crippen LogP contribution in [0.25, 0.3) is 0 Å². The van der Waals surface area contributed by atoms with Crippen LogP contribution in [0.15, 0.2) is 18.2 Å². The van der Waals surface area contributed by atoms with E-state index in [4.69, 9.17) is 10.4 Å². The van der Waals surface area contributed by atoms with E-state index in [0.717, 1.165) is 5.56 Å². The molecule has 14 heavy (non-hydrogen) atoms. The van der Waals surface area contributed by atoms with Crippen molar-refractivity contribution in [2.75, 3.05) is 0 Å². The highest BCUT2D eigenvalue weighted by molar-refractivity contribution is 5.88. The predicted molar refractivity (Wildman–Crippen MR) is 54.2 cm³/mol. The summed E-state index contributed by atoms with van der Waals surface area (Å²) in [6, 6.07) is 6.41. The Kier molecular flexibility index (Phi) is 5.01. The number of hydrogen-bond acceptors (Lipinski definition) is 2. The molecule has 0 aliphatic heterocycles. The lowest BCUT2D eigenvalue weighted by molar-refractivity contribution is 0.0697. The van der Waals surface area contributed by atoms with Crippen molar-refractivity contribution in [2.45, 2.75) is 20.8 Å². The Labute approximate surface area is 83.6 Å². The molecule has 0 aliphatic carbocycles. The molecule has 0 bridgehead atoms. The number of benzene rings is 1. The fourth-order valence-electron chi connectivity index (χ4n) is 0.875. The Hall–Kier alpha value is -1.82. The molecule has 0 fully saturated rings. The van der Waals surface area contributed by atoms with E-state index in [1.54, 1.807) is 13.0 Å². The van der Waals surface area contributed by atoms with Crippen molar-refractivity contribution in [1.82, 2.24) is 0 Å². The molecule has 0 radical (unpaired) electrons. The quantitative estimate of drug-likeness (QED) is 0.742. The average molecular weight is 191 g/mol. The zero-order valence-corrected chi connectivity index (χ0v) is 8.53. The van der Waals surface area contributed by atoms with Crippen LogP contribution in [0.3, 0.4) is 0 Å². The van der Waals surface area contributed by atoms with Gasteiger partial charge in [-0.3, -0.25) is 0 Å². The van der Waals surface area contributed by atoms with E-state index in [9.17, 15) is 4.79 Å². The zero-order valence-electron chi connectivity index (χ0n) is 8.53. The third kappa shape index (κ3) is 2.91. The first-order valence-corrected chi connectivity index (χ1v) is 4.39. The first kappa shape index (κ1) is 12.2. The van der Waals surface area contributed by atoms with Crippen LogP contribution in [-0.2, 0) is 0 Å². The summed E-state index contributed by atoms with van der Waals surface area (Å²) in [5.41, 5.74) is 1.36. The molecular formula is C11H13NO2. The van der Waals surface area contributed by atoms with Crippen LogP contribution in [-0.4, -0.2) is 11.1 Å². The van der Waals surface area contributed by atoms with Gasteiger partial charge >= 0.3 is 5.97 Å². The summed E-state index contributed by atoms with van der Waals surface area (Å²) in [5, 5.41) is 17.2. The van der Waals surface area contributed by atoms with Gasteiger partial charge in [-0.25, -0.2) is 4.79 Å². The number of nitrogens with zero attached hydrogens (tertiary/aromatic N) is 1. The van der Waals surface area contributed by atoms with Crippen molar-refractivity contribution in [3.8, 4) is 6.07 Å². The normalized spacial score (nSPS) is 8.14. The van der Waals surface area contributed by atoms with Crippen molar-refractivity contribution >= 4 is 5.97 Å². The third-order valence-corrected chi connectivity index (χ3v) is 1.60. The lowest BCUT2D eigenvalue weighted by atomic mass is 10.1. The van der Waals surface area contributed by atoms with Crippen molar-refractivity contribution in [2.24, 2.45) is 0 Å². The lowest BCUT2D eigenvalue weighted by Crippen LogP contribution is -1.97. The summed E-state index contributed by atoms with van der Waals surface area (Å²) in [6.07, 6.45) is 0. The minimum atomic E-state index is -1.01. The van der Waals surface area contributed by atoms with E-state index in [1.165, 1.54) is 12.1 Å². The molecule has 0 amide bonds. The van der Waals surface area contributed by atoms with E-state index in [1.807, 2.05) is 19.9 Å². The Morgan fingerprint density at radius 1 is 1.43 bits per heavy atom. The summed E-state index contributed by atoms with van der Waals surface area (Å²) in [4.78, 5) is 10.5. The van der Waals surface area contributed by atoms with Crippen LogP contribution in [0.1, 0.15) is 35.3 Å². The molecule has 0 spiro atoms. The Bertz CT molecular complexity index is 364. The van der Waals surface area contributed by atoms with Gasteiger partial charge in [-0.15, -0.1) is 0 Å². The van der Waals surface area contributed by atoms with Gasteiger partial charge in [0.1, 0.15) is 0 Å². The molecule has 0 heterocycles. The molecule has 0 unspecified atom stereocenters. The molecule has 3 heteroatoms. The van der Waals surface area contributed by atoms with Crippen molar-refractivity contribution < 1.29 is 9.90 Å². The maximum Gasteiger partial charge on any atom is 0.335 e. The molecule has 1 aromatic rings. The van der Waals surface area contributed by atoms with Crippen molar-refractivity contribution in [1.29, 1.82) is 5.26 Å². The zero-order chi connectivity index (χ0) is 11.1. The van der Waals surface area contributed by atoms with Gasteiger partial charge in [-0.05, 0) is 24.6 Å². The molecule has 0 aromatic heterocycles. The highest BCUT2D eigenvalue weighted by Gasteiger charge is 2.04. The second kappa shape index (κ2) is 5.76. The lowest BCUT2D eigenvalue weighted by Gasteiger charge is -1.97. The Balaban J connectivity index is 0.000000791. The van der Waals surface area contributed by atoms with Crippen LogP contribution in [0.5, 0.6) is 0 Å². The SMILES string of the molecule is CC.Cc1ccc(C(=O)O)cc1C#N. The highest BCUT2D eigenvalue weighted by Crippen LogP contribution is 2.09. The van der Waals surface area contributed by atoms with Crippen LogP contribution in [0.2, 0.25) is 0 Å². The minimum Gasteiger partial charge on any atom is -0.478 e. The van der Waals surface area contributed by atoms with E-state index >= 15 is 0 Å². The molecule has 1 aromatic carbocycles. The standard InChI is InChI=1S/C9H7NO2.C2H6/c1-6-2-3-7(9(11)12)4-8(6)5-10;1-2/h2-4H,1H3,(H,11,12);1-2H3. The van der Waals surface area contributed by atoms with Crippen molar-refractivity contribution in [3.63, 3.8) is 0 Å². The van der Waals surface area contributed by atoms with Gasteiger partial charge < -0.3 is 5.11 Å². The number of aromatic carboxylic acids is 1. The van der Waals surface area contributed by atoms with Gasteiger partial charge in [-0.1, -0.05) is 19.9 Å². The third-order valence-electron chi connectivity index (χ3n) is 1.60. The second-order valence-electron chi connectivity index (χ2n) is 2.45. The Morgan fingerprint density at radius 3 is 2.43 bits per heavy atom. The summed E-state index contributed by atoms with van der Waals surface area (Å²) in [7, 11) is 0. The number of carbonyl (C=O) groups is 1. The molecular weight excluding hydrogens is 178 g/mol. The molecule has 0 aliphatic rings. The molecule has 0 saturated heterocycles. The predicted octanol–water partition coefficient (Wildman–Crippen LogP) is 2.59. The topological polar surface area (TPSA) is 61.1 Å². The molecule has 74 valence electrons. The molecule has 3 nitrogen and oxygen atoms in total. The van der Waals surface area contributed by atoms with E-state index in [-0.39, 0.29) is 5.56 Å². The number of hydrogen-bond donors (Lipinski definition) is 1. The second-order valence-corrected chi connectivity index (χ2v) is 2.45. The summed E-state index contributed by atoms with van der Waals surface area (Å²) < 4.78 is 0. The van der Waals surface area contributed by atoms with Gasteiger partial charge in [0.2, 0.25) is 0 Å². The van der Waals surface area contributed by atoms with Crippen molar-refractivity contribution in [3.05, 3.63) is 34.9 Å². The molecule has 0 saturated carbocycles. The van der Waals surface area contributed by atoms with Gasteiger partial charge in [-0.2, -0.15) is 5.26 Å². The number of aryl methyl sites for hydroxylation is 1. The molecule has 1 N–H and O–H groups in total. The summed E-state index contributed by atoms with van der Waals surface area (Å²) >= 11 is 0. The van der Waals surface area contributed by atoms with Gasteiger partial charge in [0.15, 0.2) is 0 Å². The first-order chi connectivity index (χ1) is 6.65. The minimum absolute atomic E-state index is 0.150. The largest absolute Gasteiger partial charge is 0.478 e. The maximum atomic E-state index is 10.5. The van der Waals surface area contributed by atoms with Crippen LogP contribution in [0, 0.1) is 18.3 Å². The summed E-state index contributed by atoms with van der Waals surface area (Å²) in [5.74, 6) is -1.01. The first-order valence-electron chi connectivity index (χ1n) is 4.39. The smallest absolute Gasteiger partial charge is 0.335 e. The van der Waals surface area contributed by atoms with Crippen LogP contribution < -0.4 is 0 Å². The van der Waals surface area contributed by atoms with Gasteiger partial charge in [0.25, 0.3) is 0 Å². The van der Waals surface area contributed by atoms with Gasteiger partial charge in [0, 0.05) is 0 Å². The maximum absolute atomic E-state index is 10.5. The van der Waals surface area contributed by atoms with Gasteiger partial charge in [0.05, 0.1) is 17.2 Å². The Morgan fingerprint density at radius 2 is 2.00 bits per heavy atom.